The number of methoxy groups -OCH3 is 1. The molecular formula is C11H11ClFN3O. The Labute approximate surface area is 103 Å². The zero-order valence-electron chi connectivity index (χ0n) is 9.37. The van der Waals surface area contributed by atoms with Gasteiger partial charge in [0.05, 0.1) is 7.11 Å². The highest BCUT2D eigenvalue weighted by Crippen LogP contribution is 2.35. The topological polar surface area (TPSA) is 53.1 Å². The van der Waals surface area contributed by atoms with Crippen LogP contribution in [0.5, 0.6) is 5.75 Å². The van der Waals surface area contributed by atoms with E-state index in [9.17, 15) is 4.39 Å². The zero-order valence-corrected chi connectivity index (χ0v) is 10.1. The molecule has 0 radical (unpaired) electrons. The summed E-state index contributed by atoms with van der Waals surface area (Å²) in [5, 5.41) is 0.339. The Kier molecular flexibility index (Phi) is 2.93. The molecule has 0 aliphatic carbocycles. The van der Waals surface area contributed by atoms with Crippen LogP contribution in [0.2, 0.25) is 5.15 Å². The number of aromatic nitrogens is 2. The van der Waals surface area contributed by atoms with Gasteiger partial charge < -0.3 is 15.0 Å². The van der Waals surface area contributed by atoms with Crippen molar-refractivity contribution in [2.45, 2.75) is 0 Å². The van der Waals surface area contributed by atoms with E-state index in [2.05, 4.69) is 4.98 Å². The number of anilines is 1. The van der Waals surface area contributed by atoms with Crippen molar-refractivity contribution >= 4 is 17.5 Å². The standard InChI is InChI=1S/C11H11ClFN3O/c1-16-10(12)9(15-11(16)14)7-5-6(13)3-4-8(7)17-2/h3-5H,1-2H3,(H2,14,15). The summed E-state index contributed by atoms with van der Waals surface area (Å²) in [6.07, 6.45) is 0. The minimum absolute atomic E-state index is 0.260. The van der Waals surface area contributed by atoms with Gasteiger partial charge >= 0.3 is 0 Å². The third kappa shape index (κ3) is 1.93. The minimum atomic E-state index is -0.388. The number of imidazole rings is 1. The average molecular weight is 256 g/mol. The summed E-state index contributed by atoms with van der Waals surface area (Å²) in [5.74, 6) is 0.365. The number of nitrogens with zero attached hydrogens (tertiary/aromatic N) is 2. The van der Waals surface area contributed by atoms with Crippen molar-refractivity contribution in [3.8, 4) is 17.0 Å². The van der Waals surface area contributed by atoms with Crippen LogP contribution in [0.4, 0.5) is 10.3 Å². The Hall–Kier alpha value is -1.75. The number of benzene rings is 1. The first-order valence-corrected chi connectivity index (χ1v) is 5.24. The Balaban J connectivity index is 2.67. The molecule has 0 amide bonds. The zero-order chi connectivity index (χ0) is 12.6. The highest BCUT2D eigenvalue weighted by atomic mass is 35.5. The second-order valence-corrected chi connectivity index (χ2v) is 3.87. The maximum atomic E-state index is 13.2. The number of rotatable bonds is 2. The van der Waals surface area contributed by atoms with Crippen molar-refractivity contribution in [2.24, 2.45) is 7.05 Å². The van der Waals surface area contributed by atoms with Crippen LogP contribution >= 0.6 is 11.6 Å². The lowest BCUT2D eigenvalue weighted by Crippen LogP contribution is -1.96. The van der Waals surface area contributed by atoms with E-state index in [0.717, 1.165) is 0 Å². The molecule has 0 spiro atoms. The molecule has 2 aromatic rings. The van der Waals surface area contributed by atoms with Gasteiger partial charge in [-0.05, 0) is 18.2 Å². The van der Waals surface area contributed by atoms with Crippen LogP contribution in [0.1, 0.15) is 0 Å². The summed E-state index contributed by atoms with van der Waals surface area (Å²) in [6, 6.07) is 4.14. The summed E-state index contributed by atoms with van der Waals surface area (Å²) in [6.45, 7) is 0. The van der Waals surface area contributed by atoms with E-state index >= 15 is 0 Å². The van der Waals surface area contributed by atoms with E-state index in [4.69, 9.17) is 22.1 Å². The molecule has 0 bridgehead atoms. The van der Waals surface area contributed by atoms with Gasteiger partial charge in [0.1, 0.15) is 22.4 Å². The molecule has 0 saturated heterocycles. The van der Waals surface area contributed by atoms with E-state index < -0.39 is 0 Å². The second-order valence-electron chi connectivity index (χ2n) is 3.51. The molecule has 0 atom stereocenters. The van der Waals surface area contributed by atoms with E-state index in [1.54, 1.807) is 7.05 Å². The molecule has 6 heteroatoms. The number of halogens is 2. The summed E-state index contributed by atoms with van der Waals surface area (Å²) in [7, 11) is 3.18. The van der Waals surface area contributed by atoms with Gasteiger partial charge in [0.25, 0.3) is 0 Å². The molecule has 0 fully saturated rings. The van der Waals surface area contributed by atoms with Crippen LogP contribution in [-0.2, 0) is 7.05 Å². The van der Waals surface area contributed by atoms with Crippen LogP contribution in [0.3, 0.4) is 0 Å². The van der Waals surface area contributed by atoms with Gasteiger partial charge in [0, 0.05) is 12.6 Å². The van der Waals surface area contributed by atoms with Crippen molar-refractivity contribution in [3.63, 3.8) is 0 Å². The quantitative estimate of drug-likeness (QED) is 0.897. The Morgan fingerprint density at radius 3 is 2.71 bits per heavy atom. The number of hydrogen-bond acceptors (Lipinski definition) is 3. The molecule has 1 aromatic heterocycles. The van der Waals surface area contributed by atoms with Crippen molar-refractivity contribution in [3.05, 3.63) is 29.2 Å². The van der Waals surface area contributed by atoms with Gasteiger partial charge in [0.2, 0.25) is 5.95 Å². The second kappa shape index (κ2) is 4.25. The van der Waals surface area contributed by atoms with Crippen molar-refractivity contribution in [2.75, 3.05) is 12.8 Å². The monoisotopic (exact) mass is 255 g/mol. The first kappa shape index (κ1) is 11.7. The molecule has 17 heavy (non-hydrogen) atoms. The molecule has 2 rings (SSSR count). The van der Waals surface area contributed by atoms with Crippen LogP contribution in [0.25, 0.3) is 11.3 Å². The van der Waals surface area contributed by atoms with Crippen molar-refractivity contribution < 1.29 is 9.13 Å². The van der Waals surface area contributed by atoms with Gasteiger partial charge in [-0.15, -0.1) is 0 Å². The maximum absolute atomic E-state index is 13.2. The Morgan fingerprint density at radius 2 is 2.18 bits per heavy atom. The third-order valence-corrected chi connectivity index (χ3v) is 2.91. The maximum Gasteiger partial charge on any atom is 0.201 e. The van der Waals surface area contributed by atoms with Gasteiger partial charge in [0.15, 0.2) is 0 Å². The molecule has 0 aliphatic rings. The summed E-state index contributed by atoms with van der Waals surface area (Å²) < 4.78 is 19.9. The predicted molar refractivity (Wildman–Crippen MR) is 64.6 cm³/mol. The Bertz CT molecular complexity index is 568. The van der Waals surface area contributed by atoms with Crippen LogP contribution in [-0.4, -0.2) is 16.7 Å². The SMILES string of the molecule is COc1ccc(F)cc1-c1nc(N)n(C)c1Cl. The summed E-state index contributed by atoms with van der Waals surface area (Å²) in [5.41, 5.74) is 6.52. The van der Waals surface area contributed by atoms with Gasteiger partial charge in [-0.2, -0.15) is 0 Å². The Morgan fingerprint density at radius 1 is 1.47 bits per heavy atom. The van der Waals surface area contributed by atoms with E-state index in [-0.39, 0.29) is 11.8 Å². The molecule has 1 heterocycles. The number of nitrogens with two attached hydrogens (primary N) is 1. The molecule has 0 unspecified atom stereocenters. The molecular weight excluding hydrogens is 245 g/mol. The minimum Gasteiger partial charge on any atom is -0.496 e. The van der Waals surface area contributed by atoms with Gasteiger partial charge in [-0.3, -0.25) is 0 Å². The van der Waals surface area contributed by atoms with Crippen molar-refractivity contribution in [1.82, 2.24) is 9.55 Å². The molecule has 90 valence electrons. The largest absolute Gasteiger partial charge is 0.496 e. The predicted octanol–water partition coefficient (Wildman–Crippen LogP) is 2.47. The number of nitrogen functional groups attached to an aromatic ring is 1. The normalized spacial score (nSPS) is 10.6. The average Bonchev–Trinajstić information content (AvgIpc) is 2.57. The number of hydrogen-bond donors (Lipinski definition) is 1. The van der Waals surface area contributed by atoms with Crippen LogP contribution in [0.15, 0.2) is 18.2 Å². The highest BCUT2D eigenvalue weighted by molar-refractivity contribution is 6.32. The lowest BCUT2D eigenvalue weighted by molar-refractivity contribution is 0.415. The lowest BCUT2D eigenvalue weighted by Gasteiger charge is -2.06. The lowest BCUT2D eigenvalue weighted by atomic mass is 10.1. The number of ether oxygens (including phenoxy) is 1. The van der Waals surface area contributed by atoms with E-state index in [0.29, 0.717) is 22.2 Å². The first-order chi connectivity index (χ1) is 8.04. The van der Waals surface area contributed by atoms with Gasteiger partial charge in [-0.25, -0.2) is 9.37 Å². The molecule has 2 N–H and O–H groups in total. The fourth-order valence-electron chi connectivity index (χ4n) is 1.53. The first-order valence-electron chi connectivity index (χ1n) is 4.86. The fraction of sp³-hybridized carbons (Fsp3) is 0.182. The highest BCUT2D eigenvalue weighted by Gasteiger charge is 2.17. The van der Waals surface area contributed by atoms with Crippen molar-refractivity contribution in [1.29, 1.82) is 0 Å². The molecule has 0 aliphatic heterocycles. The van der Waals surface area contributed by atoms with E-state index in [1.165, 1.54) is 29.9 Å². The summed E-state index contributed by atoms with van der Waals surface area (Å²) >= 11 is 6.07. The molecule has 0 saturated carbocycles. The fourth-order valence-corrected chi connectivity index (χ4v) is 1.76. The van der Waals surface area contributed by atoms with E-state index in [1.807, 2.05) is 0 Å². The summed E-state index contributed by atoms with van der Waals surface area (Å²) in [4.78, 5) is 4.09. The smallest absolute Gasteiger partial charge is 0.201 e. The molecule has 1 aromatic carbocycles. The van der Waals surface area contributed by atoms with Crippen LogP contribution in [0, 0.1) is 5.82 Å². The molecule has 4 nitrogen and oxygen atoms in total. The van der Waals surface area contributed by atoms with Gasteiger partial charge in [-0.1, -0.05) is 11.6 Å². The third-order valence-electron chi connectivity index (χ3n) is 2.48. The van der Waals surface area contributed by atoms with Crippen LogP contribution < -0.4 is 10.5 Å².